The Morgan fingerprint density at radius 3 is 2.58 bits per heavy atom. The van der Waals surface area contributed by atoms with Crippen molar-refractivity contribution in [2.75, 3.05) is 24.6 Å². The highest BCUT2D eigenvalue weighted by atomic mass is 32.2. The van der Waals surface area contributed by atoms with Crippen LogP contribution in [0.2, 0.25) is 0 Å². The van der Waals surface area contributed by atoms with E-state index in [2.05, 4.69) is 37.8 Å². The van der Waals surface area contributed by atoms with Gasteiger partial charge < -0.3 is 5.32 Å². The molecule has 0 aliphatic carbocycles. The van der Waals surface area contributed by atoms with Crippen molar-refractivity contribution in [2.24, 2.45) is 5.92 Å². The molecule has 0 amide bonds. The van der Waals surface area contributed by atoms with E-state index in [0.717, 1.165) is 5.92 Å². The highest BCUT2D eigenvalue weighted by Crippen LogP contribution is 2.08. The molecule has 74 valence electrons. The predicted molar refractivity (Wildman–Crippen MR) is 59.9 cm³/mol. The summed E-state index contributed by atoms with van der Waals surface area (Å²) in [5, 5.41) is 3.45. The zero-order valence-electron chi connectivity index (χ0n) is 8.73. The van der Waals surface area contributed by atoms with Gasteiger partial charge in [0.25, 0.3) is 0 Å². The minimum Gasteiger partial charge on any atom is -0.316 e. The quantitative estimate of drug-likeness (QED) is 0.589. The number of hydrogen-bond donors (Lipinski definition) is 1. The molecule has 0 heterocycles. The lowest BCUT2D eigenvalue weighted by Gasteiger charge is -2.11. The van der Waals surface area contributed by atoms with Crippen LogP contribution in [0.25, 0.3) is 0 Å². The Labute approximate surface area is 81.7 Å². The predicted octanol–water partition coefficient (Wildman–Crippen LogP) is 2.77. The van der Waals surface area contributed by atoms with E-state index in [1.54, 1.807) is 0 Å². The van der Waals surface area contributed by atoms with Crippen LogP contribution in [0.3, 0.4) is 0 Å². The van der Waals surface area contributed by atoms with Crippen LogP contribution in [-0.4, -0.2) is 24.6 Å². The van der Waals surface area contributed by atoms with Crippen LogP contribution >= 0.6 is 11.8 Å². The van der Waals surface area contributed by atoms with Crippen molar-refractivity contribution in [3.8, 4) is 0 Å². The van der Waals surface area contributed by atoms with E-state index in [-0.39, 0.29) is 0 Å². The lowest BCUT2D eigenvalue weighted by atomic mass is 10.2. The molecule has 0 aromatic heterocycles. The Kier molecular flexibility index (Phi) is 9.64. The van der Waals surface area contributed by atoms with Gasteiger partial charge in [0.15, 0.2) is 0 Å². The van der Waals surface area contributed by atoms with Crippen molar-refractivity contribution < 1.29 is 0 Å². The topological polar surface area (TPSA) is 12.0 Å². The molecule has 0 rings (SSSR count). The second-order valence-electron chi connectivity index (χ2n) is 3.38. The van der Waals surface area contributed by atoms with Crippen molar-refractivity contribution in [1.82, 2.24) is 5.32 Å². The Bertz CT molecular complexity index is 75.9. The second-order valence-corrected chi connectivity index (χ2v) is 4.53. The fourth-order valence-corrected chi connectivity index (χ4v) is 1.99. The first-order valence-electron chi connectivity index (χ1n) is 5.09. The Morgan fingerprint density at radius 1 is 1.25 bits per heavy atom. The number of thioether (sulfide) groups is 1. The molecule has 0 saturated heterocycles. The Balaban J connectivity index is 3.04. The van der Waals surface area contributed by atoms with E-state index in [9.17, 15) is 0 Å². The van der Waals surface area contributed by atoms with Crippen LogP contribution in [-0.2, 0) is 0 Å². The summed E-state index contributed by atoms with van der Waals surface area (Å²) < 4.78 is 0. The van der Waals surface area contributed by atoms with Gasteiger partial charge in [-0.3, -0.25) is 0 Å². The fourth-order valence-electron chi connectivity index (χ4n) is 1.01. The van der Waals surface area contributed by atoms with E-state index in [1.807, 2.05) is 0 Å². The number of rotatable bonds is 8. The van der Waals surface area contributed by atoms with Crippen LogP contribution in [0.1, 0.15) is 33.6 Å². The normalized spacial score (nSPS) is 13.2. The van der Waals surface area contributed by atoms with Crippen LogP contribution < -0.4 is 5.32 Å². The summed E-state index contributed by atoms with van der Waals surface area (Å²) in [7, 11) is 0. The first kappa shape index (κ1) is 12.3. The maximum absolute atomic E-state index is 3.45. The van der Waals surface area contributed by atoms with Gasteiger partial charge in [0, 0.05) is 0 Å². The van der Waals surface area contributed by atoms with Gasteiger partial charge in [-0.25, -0.2) is 0 Å². The third-order valence-electron chi connectivity index (χ3n) is 1.67. The lowest BCUT2D eigenvalue weighted by molar-refractivity contribution is 0.557. The molecule has 0 saturated carbocycles. The zero-order valence-corrected chi connectivity index (χ0v) is 9.54. The molecule has 0 aromatic rings. The van der Waals surface area contributed by atoms with Crippen molar-refractivity contribution in [1.29, 1.82) is 0 Å². The molecule has 0 bridgehead atoms. The molecule has 0 aliphatic rings. The van der Waals surface area contributed by atoms with Crippen LogP contribution in [0.4, 0.5) is 0 Å². The first-order chi connectivity index (χ1) is 5.81. The van der Waals surface area contributed by atoms with Crippen molar-refractivity contribution in [3.05, 3.63) is 0 Å². The van der Waals surface area contributed by atoms with E-state index < -0.39 is 0 Å². The molecule has 0 aromatic carbocycles. The van der Waals surface area contributed by atoms with Crippen LogP contribution in [0, 0.1) is 5.92 Å². The molecule has 1 unspecified atom stereocenters. The highest BCUT2D eigenvalue weighted by Gasteiger charge is 1.99. The van der Waals surface area contributed by atoms with E-state index in [1.165, 1.54) is 37.4 Å². The van der Waals surface area contributed by atoms with E-state index in [4.69, 9.17) is 0 Å². The summed E-state index contributed by atoms with van der Waals surface area (Å²) in [6.07, 6.45) is 2.55. The molecule has 0 radical (unpaired) electrons. The van der Waals surface area contributed by atoms with Crippen molar-refractivity contribution >= 4 is 11.8 Å². The number of hydrogen-bond acceptors (Lipinski definition) is 2. The molecule has 2 heteroatoms. The highest BCUT2D eigenvalue weighted by molar-refractivity contribution is 7.99. The monoisotopic (exact) mass is 189 g/mol. The minimum atomic E-state index is 0.827. The van der Waals surface area contributed by atoms with E-state index in [0.29, 0.717) is 0 Å². The fraction of sp³-hybridized carbons (Fsp3) is 1.00. The summed E-state index contributed by atoms with van der Waals surface area (Å²) in [6.45, 7) is 9.13. The van der Waals surface area contributed by atoms with Crippen LogP contribution in [0.5, 0.6) is 0 Å². The standard InChI is InChI=1S/C10H23NS/c1-4-6-11-8-10(3)9-12-7-5-2/h10-11H,4-9H2,1-3H3. The molecule has 1 nitrogen and oxygen atoms in total. The first-order valence-corrected chi connectivity index (χ1v) is 6.25. The smallest absolute Gasteiger partial charge is 0.00153 e. The summed E-state index contributed by atoms with van der Waals surface area (Å²) in [4.78, 5) is 0. The zero-order chi connectivity index (χ0) is 9.23. The molecule has 0 fully saturated rings. The van der Waals surface area contributed by atoms with Gasteiger partial charge in [-0.2, -0.15) is 11.8 Å². The third kappa shape index (κ3) is 8.41. The van der Waals surface area contributed by atoms with Crippen LogP contribution in [0.15, 0.2) is 0 Å². The molecule has 0 spiro atoms. The average Bonchev–Trinajstić information content (AvgIpc) is 2.06. The minimum absolute atomic E-state index is 0.827. The molecule has 0 aliphatic heterocycles. The maximum atomic E-state index is 3.45. The van der Waals surface area contributed by atoms with E-state index >= 15 is 0 Å². The van der Waals surface area contributed by atoms with Gasteiger partial charge in [-0.1, -0.05) is 20.8 Å². The molecule has 1 atom stereocenters. The molecule has 1 N–H and O–H groups in total. The maximum Gasteiger partial charge on any atom is -0.00153 e. The molecular formula is C10H23NS. The molecular weight excluding hydrogens is 166 g/mol. The summed E-state index contributed by atoms with van der Waals surface area (Å²) in [6, 6.07) is 0. The SMILES string of the molecule is CCCNCC(C)CSCCC. The largest absolute Gasteiger partial charge is 0.316 e. The van der Waals surface area contributed by atoms with Gasteiger partial charge in [0.2, 0.25) is 0 Å². The van der Waals surface area contributed by atoms with Crippen molar-refractivity contribution in [2.45, 2.75) is 33.6 Å². The average molecular weight is 189 g/mol. The lowest BCUT2D eigenvalue weighted by Crippen LogP contribution is -2.23. The van der Waals surface area contributed by atoms with Crippen molar-refractivity contribution in [3.63, 3.8) is 0 Å². The van der Waals surface area contributed by atoms with Gasteiger partial charge in [-0.15, -0.1) is 0 Å². The second kappa shape index (κ2) is 9.40. The Hall–Kier alpha value is 0.310. The Morgan fingerprint density at radius 2 is 2.00 bits per heavy atom. The molecule has 12 heavy (non-hydrogen) atoms. The summed E-state index contributed by atoms with van der Waals surface area (Å²) in [5.41, 5.74) is 0. The summed E-state index contributed by atoms with van der Waals surface area (Å²) >= 11 is 2.08. The summed E-state index contributed by atoms with van der Waals surface area (Å²) in [5.74, 6) is 3.45. The van der Waals surface area contributed by atoms with Gasteiger partial charge in [0.05, 0.1) is 0 Å². The van der Waals surface area contributed by atoms with Gasteiger partial charge in [-0.05, 0) is 43.4 Å². The number of nitrogens with one attached hydrogen (secondary N) is 1. The third-order valence-corrected chi connectivity index (χ3v) is 3.17. The van der Waals surface area contributed by atoms with Gasteiger partial charge in [0.1, 0.15) is 0 Å². The van der Waals surface area contributed by atoms with Gasteiger partial charge >= 0.3 is 0 Å².